The number of hydrogen-bond donors (Lipinski definition) is 0. The summed E-state index contributed by atoms with van der Waals surface area (Å²) in [6.45, 7) is 4.18. The number of piperidine rings is 2. The fraction of sp³-hybridized carbons (Fsp3) is 0.900. The molecule has 0 aromatic rings. The maximum atomic E-state index is 11.6. The lowest BCUT2D eigenvalue weighted by Gasteiger charge is -2.52. The Morgan fingerprint density at radius 1 is 1.56 bits per heavy atom. The van der Waals surface area contributed by atoms with Crippen LogP contribution in [0.25, 0.3) is 10.4 Å². The third-order valence-corrected chi connectivity index (χ3v) is 3.43. The monoisotopic (exact) mass is 224 g/mol. The first-order valence-electron chi connectivity index (χ1n) is 5.66. The molecule has 3 aliphatic rings. The zero-order valence-electron chi connectivity index (χ0n) is 9.37. The van der Waals surface area contributed by atoms with E-state index in [1.807, 2.05) is 6.92 Å². The molecule has 0 radical (unpaired) electrons. The summed E-state index contributed by atoms with van der Waals surface area (Å²) in [6, 6.07) is 0. The van der Waals surface area contributed by atoms with Gasteiger partial charge in [-0.25, -0.2) is 0 Å². The number of azide groups is 1. The molecule has 0 spiro atoms. The van der Waals surface area contributed by atoms with Crippen molar-refractivity contribution >= 4 is 5.91 Å². The van der Waals surface area contributed by atoms with Gasteiger partial charge in [0.1, 0.15) is 6.54 Å². The molecule has 2 heterocycles. The second-order valence-corrected chi connectivity index (χ2v) is 4.36. The number of carbonyl (C=O) groups is 1. The third-order valence-electron chi connectivity index (χ3n) is 3.43. The number of amides is 1. The van der Waals surface area contributed by atoms with Crippen molar-refractivity contribution < 1.29 is 9.53 Å². The van der Waals surface area contributed by atoms with E-state index >= 15 is 0 Å². The molecule has 0 N–H and O–H groups in total. The molecular weight excluding hydrogens is 208 g/mol. The summed E-state index contributed by atoms with van der Waals surface area (Å²) in [5, 5.41) is 3.30. The Morgan fingerprint density at radius 2 is 2.25 bits per heavy atom. The Balaban J connectivity index is 1.85. The molecule has 3 rings (SSSR count). The lowest BCUT2D eigenvalue weighted by Crippen LogP contribution is -2.60. The molecule has 3 fully saturated rings. The minimum absolute atomic E-state index is 0.0603. The van der Waals surface area contributed by atoms with E-state index in [4.69, 9.17) is 10.3 Å². The second-order valence-electron chi connectivity index (χ2n) is 4.36. The first-order valence-corrected chi connectivity index (χ1v) is 5.66. The summed E-state index contributed by atoms with van der Waals surface area (Å²) < 4.78 is 5.63. The smallest absolute Gasteiger partial charge is 0.228 e. The van der Waals surface area contributed by atoms with Crippen LogP contribution in [-0.2, 0) is 9.53 Å². The molecule has 6 nitrogen and oxygen atoms in total. The van der Waals surface area contributed by atoms with Crippen LogP contribution in [-0.4, -0.2) is 43.2 Å². The van der Waals surface area contributed by atoms with Crippen LogP contribution in [0.4, 0.5) is 0 Å². The third kappa shape index (κ3) is 1.99. The molecule has 2 bridgehead atoms. The van der Waals surface area contributed by atoms with Crippen molar-refractivity contribution in [2.45, 2.75) is 19.4 Å². The molecule has 0 aromatic heterocycles. The maximum absolute atomic E-state index is 11.6. The highest BCUT2D eigenvalue weighted by molar-refractivity contribution is 5.78. The van der Waals surface area contributed by atoms with Crippen LogP contribution in [0.15, 0.2) is 5.11 Å². The van der Waals surface area contributed by atoms with Crippen LogP contribution < -0.4 is 0 Å². The average molecular weight is 224 g/mol. The standard InChI is InChI=1S/C10H16N4O2/c1-2-16-10-7-3-8(10)6-14(5-7)9(15)4-12-13-11/h7-8,10H,2-6H2,1H3. The van der Waals surface area contributed by atoms with Crippen LogP contribution in [0.5, 0.6) is 0 Å². The first-order chi connectivity index (χ1) is 7.76. The van der Waals surface area contributed by atoms with Gasteiger partial charge in [-0.1, -0.05) is 5.11 Å². The van der Waals surface area contributed by atoms with E-state index in [0.717, 1.165) is 26.1 Å². The summed E-state index contributed by atoms with van der Waals surface area (Å²) in [6.07, 6.45) is 1.50. The molecule has 2 saturated heterocycles. The van der Waals surface area contributed by atoms with Gasteiger partial charge in [-0.3, -0.25) is 4.79 Å². The molecule has 1 amide bonds. The summed E-state index contributed by atoms with van der Waals surface area (Å²) >= 11 is 0. The van der Waals surface area contributed by atoms with Gasteiger partial charge in [0.05, 0.1) is 6.10 Å². The molecule has 6 heteroatoms. The Morgan fingerprint density at radius 3 is 2.81 bits per heavy atom. The van der Waals surface area contributed by atoms with Crippen LogP contribution >= 0.6 is 0 Å². The predicted molar refractivity (Wildman–Crippen MR) is 57.6 cm³/mol. The summed E-state index contributed by atoms with van der Waals surface area (Å²) in [4.78, 5) is 16.0. The van der Waals surface area contributed by atoms with E-state index in [1.54, 1.807) is 4.90 Å². The topological polar surface area (TPSA) is 78.3 Å². The van der Waals surface area contributed by atoms with Gasteiger partial charge in [-0.05, 0) is 18.9 Å². The molecule has 1 saturated carbocycles. The van der Waals surface area contributed by atoms with Crippen molar-refractivity contribution in [1.82, 2.24) is 4.90 Å². The maximum Gasteiger partial charge on any atom is 0.228 e. The summed E-state index contributed by atoms with van der Waals surface area (Å²) in [5.41, 5.74) is 8.15. The average Bonchev–Trinajstić information content (AvgIpc) is 2.33. The first kappa shape index (κ1) is 11.2. The number of ether oxygens (including phenoxy) is 1. The molecule has 2 aliphatic heterocycles. The molecule has 88 valence electrons. The molecule has 2 unspecified atom stereocenters. The van der Waals surface area contributed by atoms with Crippen molar-refractivity contribution in [3.8, 4) is 0 Å². The van der Waals surface area contributed by atoms with Crippen molar-refractivity contribution in [2.24, 2.45) is 17.0 Å². The number of nitrogens with zero attached hydrogens (tertiary/aromatic N) is 4. The summed E-state index contributed by atoms with van der Waals surface area (Å²) in [7, 11) is 0. The highest BCUT2D eigenvalue weighted by Gasteiger charge is 2.48. The van der Waals surface area contributed by atoms with Gasteiger partial charge in [0.2, 0.25) is 5.91 Å². The Hall–Kier alpha value is -1.26. The normalized spacial score (nSPS) is 31.6. The Bertz CT molecular complexity index is 315. The summed E-state index contributed by atoms with van der Waals surface area (Å²) in [5.74, 6) is 0.893. The Kier molecular flexibility index (Phi) is 3.31. The number of rotatable bonds is 4. The lowest BCUT2D eigenvalue weighted by molar-refractivity contribution is -0.159. The number of carbonyl (C=O) groups excluding carboxylic acids is 1. The van der Waals surface area contributed by atoms with Crippen molar-refractivity contribution in [1.29, 1.82) is 0 Å². The lowest BCUT2D eigenvalue weighted by atomic mass is 9.68. The number of fused-ring (bicyclic) bond motifs is 2. The zero-order valence-corrected chi connectivity index (χ0v) is 9.37. The van der Waals surface area contributed by atoms with Gasteiger partial charge in [-0.15, -0.1) is 0 Å². The Labute approximate surface area is 94.2 Å². The van der Waals surface area contributed by atoms with Crippen molar-refractivity contribution in [3.63, 3.8) is 0 Å². The van der Waals surface area contributed by atoms with Crippen molar-refractivity contribution in [2.75, 3.05) is 26.2 Å². The van der Waals surface area contributed by atoms with E-state index < -0.39 is 0 Å². The van der Waals surface area contributed by atoms with E-state index in [-0.39, 0.29) is 12.5 Å². The van der Waals surface area contributed by atoms with Gasteiger partial charge in [-0.2, -0.15) is 0 Å². The highest BCUT2D eigenvalue weighted by Crippen LogP contribution is 2.42. The van der Waals surface area contributed by atoms with Crippen LogP contribution in [0.2, 0.25) is 0 Å². The second kappa shape index (κ2) is 4.72. The van der Waals surface area contributed by atoms with E-state index in [1.165, 1.54) is 0 Å². The fourth-order valence-corrected chi connectivity index (χ4v) is 2.70. The minimum Gasteiger partial charge on any atom is -0.378 e. The molecule has 16 heavy (non-hydrogen) atoms. The fourth-order valence-electron chi connectivity index (χ4n) is 2.70. The largest absolute Gasteiger partial charge is 0.378 e. The minimum atomic E-state index is -0.0672. The van der Waals surface area contributed by atoms with Gasteiger partial charge in [0, 0.05) is 36.4 Å². The molecule has 0 aromatic carbocycles. The van der Waals surface area contributed by atoms with Crippen LogP contribution in [0.1, 0.15) is 13.3 Å². The van der Waals surface area contributed by atoms with Gasteiger partial charge >= 0.3 is 0 Å². The van der Waals surface area contributed by atoms with Gasteiger partial charge < -0.3 is 9.64 Å². The molecular formula is C10H16N4O2. The quantitative estimate of drug-likeness (QED) is 0.408. The van der Waals surface area contributed by atoms with E-state index in [9.17, 15) is 4.79 Å². The van der Waals surface area contributed by atoms with Crippen LogP contribution in [0, 0.1) is 11.8 Å². The predicted octanol–water partition coefficient (Wildman–Crippen LogP) is 1.18. The van der Waals surface area contributed by atoms with Gasteiger partial charge in [0.25, 0.3) is 0 Å². The van der Waals surface area contributed by atoms with E-state index in [0.29, 0.717) is 17.9 Å². The van der Waals surface area contributed by atoms with Gasteiger partial charge in [0.15, 0.2) is 0 Å². The molecule has 1 aliphatic carbocycles. The SMILES string of the molecule is CCOC1C2CC1CN(C(=O)CN=[N+]=[N-])C2. The molecule has 2 atom stereocenters. The highest BCUT2D eigenvalue weighted by atomic mass is 16.5. The number of hydrogen-bond acceptors (Lipinski definition) is 3. The van der Waals surface area contributed by atoms with Crippen molar-refractivity contribution in [3.05, 3.63) is 10.4 Å². The van der Waals surface area contributed by atoms with Crippen LogP contribution in [0.3, 0.4) is 0 Å². The van der Waals surface area contributed by atoms with E-state index in [2.05, 4.69) is 10.0 Å². The zero-order chi connectivity index (χ0) is 11.5.